The molecule has 1 atom stereocenters. The smallest absolute Gasteiger partial charge is 0.236 e. The first-order valence-corrected chi connectivity index (χ1v) is 6.32. The van der Waals surface area contributed by atoms with Crippen molar-refractivity contribution >= 4 is 5.91 Å². The van der Waals surface area contributed by atoms with E-state index in [9.17, 15) is 4.79 Å². The van der Waals surface area contributed by atoms with E-state index in [4.69, 9.17) is 4.74 Å². The Morgan fingerprint density at radius 3 is 2.78 bits per heavy atom. The summed E-state index contributed by atoms with van der Waals surface area (Å²) in [5, 5.41) is 6.05. The highest BCUT2D eigenvalue weighted by Gasteiger charge is 2.11. The van der Waals surface area contributed by atoms with E-state index in [1.807, 2.05) is 38.1 Å². The van der Waals surface area contributed by atoms with Gasteiger partial charge in [-0.3, -0.25) is 4.79 Å². The second-order valence-corrected chi connectivity index (χ2v) is 4.21. The lowest BCUT2D eigenvalue weighted by molar-refractivity contribution is -0.122. The highest BCUT2D eigenvalue weighted by molar-refractivity contribution is 5.81. The summed E-state index contributed by atoms with van der Waals surface area (Å²) in [5.41, 5.74) is 1.05. The van der Waals surface area contributed by atoms with E-state index in [1.165, 1.54) is 0 Å². The molecule has 4 heteroatoms. The summed E-state index contributed by atoms with van der Waals surface area (Å²) >= 11 is 0. The number of para-hydroxylation sites is 1. The first-order chi connectivity index (χ1) is 8.69. The zero-order valence-electron chi connectivity index (χ0n) is 11.3. The molecule has 100 valence electrons. The van der Waals surface area contributed by atoms with Gasteiger partial charge < -0.3 is 15.4 Å². The maximum absolute atomic E-state index is 11.7. The maximum atomic E-state index is 11.7. The number of rotatable bonds is 7. The monoisotopic (exact) mass is 250 g/mol. The molecule has 0 bridgehead atoms. The summed E-state index contributed by atoms with van der Waals surface area (Å²) in [7, 11) is 1.65. The molecule has 1 amide bonds. The number of methoxy groups -OCH3 is 1. The average molecular weight is 250 g/mol. The van der Waals surface area contributed by atoms with Crippen molar-refractivity contribution < 1.29 is 9.53 Å². The third kappa shape index (κ3) is 4.37. The highest BCUT2D eigenvalue weighted by Crippen LogP contribution is 2.16. The van der Waals surface area contributed by atoms with Crippen LogP contribution in [0.1, 0.15) is 25.8 Å². The molecule has 0 heterocycles. The number of carbonyl (C=O) groups is 1. The SMILES string of the molecule is CCCNC(=O)C(C)NCc1ccccc1OC. The molecule has 1 aromatic rings. The molecule has 0 aliphatic rings. The molecule has 18 heavy (non-hydrogen) atoms. The number of hydrogen-bond donors (Lipinski definition) is 2. The summed E-state index contributed by atoms with van der Waals surface area (Å²) in [4.78, 5) is 11.7. The zero-order chi connectivity index (χ0) is 13.4. The van der Waals surface area contributed by atoms with Crippen LogP contribution in [0.4, 0.5) is 0 Å². The molecule has 0 radical (unpaired) electrons. The standard InChI is InChI=1S/C14H22N2O2/c1-4-9-15-14(17)11(2)16-10-12-7-5-6-8-13(12)18-3/h5-8,11,16H,4,9-10H2,1-3H3,(H,15,17). The third-order valence-electron chi connectivity index (χ3n) is 2.73. The van der Waals surface area contributed by atoms with Gasteiger partial charge in [-0.05, 0) is 19.4 Å². The van der Waals surface area contributed by atoms with Crippen LogP contribution >= 0.6 is 0 Å². The molecule has 1 unspecified atom stereocenters. The van der Waals surface area contributed by atoms with E-state index in [0.717, 1.165) is 24.3 Å². The van der Waals surface area contributed by atoms with E-state index in [2.05, 4.69) is 10.6 Å². The molecule has 0 spiro atoms. The van der Waals surface area contributed by atoms with Crippen LogP contribution in [0.5, 0.6) is 5.75 Å². The van der Waals surface area contributed by atoms with Crippen molar-refractivity contribution in [3.8, 4) is 5.75 Å². The highest BCUT2D eigenvalue weighted by atomic mass is 16.5. The molecule has 0 saturated heterocycles. The minimum Gasteiger partial charge on any atom is -0.496 e. The van der Waals surface area contributed by atoms with Gasteiger partial charge in [0.05, 0.1) is 13.2 Å². The van der Waals surface area contributed by atoms with Gasteiger partial charge in [-0.15, -0.1) is 0 Å². The van der Waals surface area contributed by atoms with Crippen molar-refractivity contribution in [3.63, 3.8) is 0 Å². The number of nitrogens with one attached hydrogen (secondary N) is 2. The van der Waals surface area contributed by atoms with Crippen molar-refractivity contribution in [1.29, 1.82) is 0 Å². The molecule has 4 nitrogen and oxygen atoms in total. The molecular formula is C14H22N2O2. The summed E-state index contributed by atoms with van der Waals surface area (Å²) in [6.07, 6.45) is 0.949. The molecule has 0 saturated carbocycles. The molecule has 2 N–H and O–H groups in total. The Bertz CT molecular complexity index is 380. The topological polar surface area (TPSA) is 50.4 Å². The van der Waals surface area contributed by atoms with Gasteiger partial charge >= 0.3 is 0 Å². The quantitative estimate of drug-likeness (QED) is 0.774. The number of ether oxygens (including phenoxy) is 1. The molecule has 0 fully saturated rings. The van der Waals surface area contributed by atoms with E-state index in [-0.39, 0.29) is 11.9 Å². The fourth-order valence-corrected chi connectivity index (χ4v) is 1.61. The maximum Gasteiger partial charge on any atom is 0.236 e. The normalized spacial score (nSPS) is 11.9. The van der Waals surface area contributed by atoms with Crippen molar-refractivity contribution in [1.82, 2.24) is 10.6 Å². The lowest BCUT2D eigenvalue weighted by Gasteiger charge is -2.15. The summed E-state index contributed by atoms with van der Waals surface area (Å²) in [6, 6.07) is 7.59. The van der Waals surface area contributed by atoms with E-state index >= 15 is 0 Å². The predicted octanol–water partition coefficient (Wildman–Crippen LogP) is 1.70. The Balaban J connectivity index is 2.46. The van der Waals surface area contributed by atoms with E-state index in [1.54, 1.807) is 7.11 Å². The largest absolute Gasteiger partial charge is 0.496 e. The minimum absolute atomic E-state index is 0.0340. The predicted molar refractivity (Wildman–Crippen MR) is 72.6 cm³/mol. The van der Waals surface area contributed by atoms with Crippen LogP contribution in [0.25, 0.3) is 0 Å². The van der Waals surface area contributed by atoms with Gasteiger partial charge in [0.2, 0.25) is 5.91 Å². The number of hydrogen-bond acceptors (Lipinski definition) is 3. The van der Waals surface area contributed by atoms with Crippen LogP contribution in [0.15, 0.2) is 24.3 Å². The van der Waals surface area contributed by atoms with Gasteiger partial charge in [0, 0.05) is 18.7 Å². The zero-order valence-corrected chi connectivity index (χ0v) is 11.3. The number of carbonyl (C=O) groups excluding carboxylic acids is 1. The molecule has 0 aromatic heterocycles. The molecule has 1 aromatic carbocycles. The van der Waals surface area contributed by atoms with Gasteiger partial charge in [-0.25, -0.2) is 0 Å². The van der Waals surface area contributed by atoms with Crippen LogP contribution < -0.4 is 15.4 Å². The fraction of sp³-hybridized carbons (Fsp3) is 0.500. The first kappa shape index (κ1) is 14.5. The van der Waals surface area contributed by atoms with Crippen molar-refractivity contribution in [2.45, 2.75) is 32.9 Å². The Kier molecular flexibility index (Phi) is 6.22. The minimum atomic E-state index is -0.207. The van der Waals surface area contributed by atoms with E-state index < -0.39 is 0 Å². The summed E-state index contributed by atoms with van der Waals surface area (Å²) < 4.78 is 5.26. The van der Waals surface area contributed by atoms with Gasteiger partial charge in [0.25, 0.3) is 0 Å². The molecule has 0 aliphatic heterocycles. The van der Waals surface area contributed by atoms with Crippen LogP contribution in [0.3, 0.4) is 0 Å². The van der Waals surface area contributed by atoms with Crippen LogP contribution in [0.2, 0.25) is 0 Å². The number of amides is 1. The van der Waals surface area contributed by atoms with Gasteiger partial charge in [0.15, 0.2) is 0 Å². The van der Waals surface area contributed by atoms with Gasteiger partial charge in [-0.1, -0.05) is 25.1 Å². The fourth-order valence-electron chi connectivity index (χ4n) is 1.61. The molecular weight excluding hydrogens is 228 g/mol. The van der Waals surface area contributed by atoms with Gasteiger partial charge in [0.1, 0.15) is 5.75 Å². The lowest BCUT2D eigenvalue weighted by Crippen LogP contribution is -2.42. The van der Waals surface area contributed by atoms with Crippen LogP contribution in [-0.2, 0) is 11.3 Å². The van der Waals surface area contributed by atoms with Gasteiger partial charge in [-0.2, -0.15) is 0 Å². The second kappa shape index (κ2) is 7.71. The summed E-state index contributed by atoms with van der Waals surface area (Å²) in [6.45, 7) is 5.23. The average Bonchev–Trinajstić information content (AvgIpc) is 2.42. The Labute approximate surface area is 109 Å². The van der Waals surface area contributed by atoms with Crippen molar-refractivity contribution in [2.24, 2.45) is 0 Å². The second-order valence-electron chi connectivity index (χ2n) is 4.21. The Morgan fingerprint density at radius 2 is 2.11 bits per heavy atom. The van der Waals surface area contributed by atoms with Crippen molar-refractivity contribution in [3.05, 3.63) is 29.8 Å². The lowest BCUT2D eigenvalue weighted by atomic mass is 10.2. The molecule has 0 aliphatic carbocycles. The molecule has 1 rings (SSSR count). The third-order valence-corrected chi connectivity index (χ3v) is 2.73. The van der Waals surface area contributed by atoms with E-state index in [0.29, 0.717) is 6.54 Å². The number of benzene rings is 1. The van der Waals surface area contributed by atoms with Crippen LogP contribution in [0, 0.1) is 0 Å². The first-order valence-electron chi connectivity index (χ1n) is 6.32. The van der Waals surface area contributed by atoms with Crippen LogP contribution in [-0.4, -0.2) is 25.6 Å². The van der Waals surface area contributed by atoms with Crippen molar-refractivity contribution in [2.75, 3.05) is 13.7 Å². The Morgan fingerprint density at radius 1 is 1.39 bits per heavy atom. The summed E-state index contributed by atoms with van der Waals surface area (Å²) in [5.74, 6) is 0.873. The Hall–Kier alpha value is -1.55.